The van der Waals surface area contributed by atoms with Gasteiger partial charge in [0.05, 0.1) is 35.1 Å². The SMILES string of the molecule is C/C(CN1CCN(C(=O)c2cc(C(F)(F)F)ccc2Cl)[C@H](Cc2c[nH]c3ccccc23)C1)=N\OCCN1CCOCC1. The van der Waals surface area contributed by atoms with Gasteiger partial charge in [-0.1, -0.05) is 35.0 Å². The summed E-state index contributed by atoms with van der Waals surface area (Å²) < 4.78 is 45.7. The monoisotopic (exact) mass is 605 g/mol. The number of carbonyl (C=O) groups excluding carboxylic acids is 1. The molecule has 1 atom stereocenters. The number of halogens is 4. The lowest BCUT2D eigenvalue weighted by atomic mass is 9.99. The van der Waals surface area contributed by atoms with Crippen molar-refractivity contribution in [3.8, 4) is 0 Å². The zero-order valence-electron chi connectivity index (χ0n) is 23.5. The lowest BCUT2D eigenvalue weighted by molar-refractivity contribution is -0.137. The van der Waals surface area contributed by atoms with E-state index in [-0.39, 0.29) is 16.6 Å². The Balaban J connectivity index is 1.30. The van der Waals surface area contributed by atoms with Gasteiger partial charge in [0.2, 0.25) is 0 Å². The highest BCUT2D eigenvalue weighted by Gasteiger charge is 2.35. The number of para-hydroxylation sites is 1. The van der Waals surface area contributed by atoms with Crippen molar-refractivity contribution in [1.82, 2.24) is 19.7 Å². The number of aromatic amines is 1. The Morgan fingerprint density at radius 3 is 2.69 bits per heavy atom. The molecule has 2 aliphatic rings. The van der Waals surface area contributed by atoms with Crippen LogP contribution in [0.1, 0.15) is 28.4 Å². The van der Waals surface area contributed by atoms with Crippen LogP contribution in [0.5, 0.6) is 0 Å². The van der Waals surface area contributed by atoms with Gasteiger partial charge in [0.25, 0.3) is 5.91 Å². The van der Waals surface area contributed by atoms with Crippen molar-refractivity contribution in [3.05, 3.63) is 70.4 Å². The molecular weight excluding hydrogens is 571 g/mol. The number of fused-ring (bicyclic) bond motifs is 1. The molecule has 3 heterocycles. The summed E-state index contributed by atoms with van der Waals surface area (Å²) in [5.41, 5.74) is 1.78. The molecule has 0 bridgehead atoms. The van der Waals surface area contributed by atoms with E-state index in [1.54, 1.807) is 4.90 Å². The lowest BCUT2D eigenvalue weighted by Crippen LogP contribution is -2.56. The number of alkyl halides is 3. The first kappa shape index (κ1) is 30.3. The summed E-state index contributed by atoms with van der Waals surface area (Å²) in [5, 5.41) is 5.34. The average Bonchev–Trinajstić information content (AvgIpc) is 3.38. The number of nitrogens with one attached hydrogen (secondary N) is 1. The number of nitrogens with zero attached hydrogens (tertiary/aromatic N) is 4. The first-order chi connectivity index (χ1) is 20.2. The fourth-order valence-electron chi connectivity index (χ4n) is 5.58. The number of benzene rings is 2. The third kappa shape index (κ3) is 7.44. The van der Waals surface area contributed by atoms with Crippen molar-refractivity contribution < 1.29 is 27.5 Å². The van der Waals surface area contributed by atoms with Crippen LogP contribution in [0.25, 0.3) is 10.9 Å². The maximum Gasteiger partial charge on any atom is 0.416 e. The third-order valence-electron chi connectivity index (χ3n) is 7.76. The van der Waals surface area contributed by atoms with Gasteiger partial charge in [-0.2, -0.15) is 13.2 Å². The molecule has 0 radical (unpaired) electrons. The van der Waals surface area contributed by atoms with Crippen LogP contribution >= 0.6 is 11.6 Å². The Kier molecular flexibility index (Phi) is 9.72. The molecule has 8 nitrogen and oxygen atoms in total. The number of rotatable bonds is 9. The van der Waals surface area contributed by atoms with Crippen molar-refractivity contribution in [2.75, 3.05) is 65.6 Å². The quantitative estimate of drug-likeness (QED) is 0.213. The molecule has 226 valence electrons. The highest BCUT2D eigenvalue weighted by atomic mass is 35.5. The minimum atomic E-state index is -4.58. The molecule has 0 saturated carbocycles. The number of ether oxygens (including phenoxy) is 1. The highest BCUT2D eigenvalue weighted by Crippen LogP contribution is 2.33. The highest BCUT2D eigenvalue weighted by molar-refractivity contribution is 6.33. The molecule has 2 aliphatic heterocycles. The molecule has 2 fully saturated rings. The van der Waals surface area contributed by atoms with Crippen LogP contribution in [-0.4, -0.2) is 103 Å². The second-order valence-corrected chi connectivity index (χ2v) is 11.2. The predicted molar refractivity (Wildman–Crippen MR) is 156 cm³/mol. The fraction of sp³-hybridized carbons (Fsp3) is 0.467. The number of H-pyrrole nitrogens is 1. The van der Waals surface area contributed by atoms with E-state index >= 15 is 0 Å². The van der Waals surface area contributed by atoms with Gasteiger partial charge in [-0.3, -0.25) is 14.6 Å². The van der Waals surface area contributed by atoms with Crippen LogP contribution in [0.2, 0.25) is 5.02 Å². The van der Waals surface area contributed by atoms with E-state index in [0.717, 1.165) is 73.2 Å². The van der Waals surface area contributed by atoms with Gasteiger partial charge in [-0.25, -0.2) is 0 Å². The topological polar surface area (TPSA) is 73.4 Å². The number of carbonyl (C=O) groups is 1. The minimum absolute atomic E-state index is 0.00141. The van der Waals surface area contributed by atoms with E-state index < -0.39 is 17.6 Å². The van der Waals surface area contributed by atoms with E-state index in [1.807, 2.05) is 37.4 Å². The van der Waals surface area contributed by atoms with Gasteiger partial charge in [-0.05, 0) is 43.2 Å². The van der Waals surface area contributed by atoms with Crippen molar-refractivity contribution in [2.45, 2.75) is 25.6 Å². The van der Waals surface area contributed by atoms with E-state index in [1.165, 1.54) is 0 Å². The van der Waals surface area contributed by atoms with E-state index in [9.17, 15) is 18.0 Å². The number of amides is 1. The summed E-state index contributed by atoms with van der Waals surface area (Å²) in [7, 11) is 0. The molecule has 0 spiro atoms. The first-order valence-electron chi connectivity index (χ1n) is 14.1. The van der Waals surface area contributed by atoms with Crippen molar-refractivity contribution >= 4 is 34.1 Å². The average molecular weight is 606 g/mol. The summed E-state index contributed by atoms with van der Waals surface area (Å²) in [6.45, 7) is 8.35. The lowest BCUT2D eigenvalue weighted by Gasteiger charge is -2.41. The molecule has 0 aliphatic carbocycles. The number of hydrogen-bond donors (Lipinski definition) is 1. The summed E-state index contributed by atoms with van der Waals surface area (Å²) in [6.07, 6.45) is -2.13. The maximum absolute atomic E-state index is 13.7. The second kappa shape index (κ2) is 13.5. The normalized spacial score (nSPS) is 19.4. The molecule has 2 aromatic carbocycles. The van der Waals surface area contributed by atoms with Crippen molar-refractivity contribution in [1.29, 1.82) is 0 Å². The smallest absolute Gasteiger partial charge is 0.394 e. The minimum Gasteiger partial charge on any atom is -0.394 e. The van der Waals surface area contributed by atoms with Gasteiger partial charge in [0.15, 0.2) is 0 Å². The van der Waals surface area contributed by atoms with Gasteiger partial charge >= 0.3 is 6.18 Å². The van der Waals surface area contributed by atoms with Crippen LogP contribution in [0.3, 0.4) is 0 Å². The van der Waals surface area contributed by atoms with Crippen LogP contribution in [0.4, 0.5) is 13.2 Å². The molecule has 0 unspecified atom stereocenters. The third-order valence-corrected chi connectivity index (χ3v) is 8.09. The molecule has 12 heteroatoms. The van der Waals surface area contributed by atoms with E-state index in [4.69, 9.17) is 21.2 Å². The molecule has 3 aromatic rings. The molecule has 1 amide bonds. The van der Waals surface area contributed by atoms with Crippen LogP contribution in [0, 0.1) is 0 Å². The number of piperazine rings is 1. The summed E-state index contributed by atoms with van der Waals surface area (Å²) >= 11 is 6.27. The Morgan fingerprint density at radius 2 is 1.90 bits per heavy atom. The van der Waals surface area contributed by atoms with E-state index in [0.29, 0.717) is 39.2 Å². The zero-order chi connectivity index (χ0) is 29.7. The maximum atomic E-state index is 13.7. The number of aromatic nitrogens is 1. The second-order valence-electron chi connectivity index (χ2n) is 10.8. The van der Waals surface area contributed by atoms with Crippen molar-refractivity contribution in [2.24, 2.45) is 5.16 Å². The summed E-state index contributed by atoms with van der Waals surface area (Å²) in [4.78, 5) is 28.7. The van der Waals surface area contributed by atoms with E-state index in [2.05, 4.69) is 19.9 Å². The van der Waals surface area contributed by atoms with Crippen LogP contribution in [0.15, 0.2) is 53.8 Å². The Morgan fingerprint density at radius 1 is 1.12 bits per heavy atom. The Bertz CT molecular complexity index is 1410. The Labute approximate surface area is 248 Å². The zero-order valence-corrected chi connectivity index (χ0v) is 24.3. The molecule has 1 N–H and O–H groups in total. The number of oxime groups is 1. The number of morpholine rings is 1. The van der Waals surface area contributed by atoms with Gasteiger partial charge in [-0.15, -0.1) is 0 Å². The molecule has 5 rings (SSSR count). The Hall–Kier alpha value is -3.12. The van der Waals surface area contributed by atoms with Crippen LogP contribution in [-0.2, 0) is 22.2 Å². The standard InChI is InChI=1S/C30H35ClF3N5O3/c1-21(36-42-15-12-37-10-13-41-14-11-37)19-38-8-9-39(29(40)26-17-23(30(32,33)34)6-7-27(26)31)24(20-38)16-22-18-35-28-5-3-2-4-25(22)28/h2-7,17-18,24,35H,8-16,19-20H2,1H3/b36-21+/t24-/m1/s1. The molecule has 1 aromatic heterocycles. The molecule has 42 heavy (non-hydrogen) atoms. The van der Waals surface area contributed by atoms with Crippen LogP contribution < -0.4 is 0 Å². The molecule has 2 saturated heterocycles. The van der Waals surface area contributed by atoms with Gasteiger partial charge < -0.3 is 19.5 Å². The molecular formula is C30H35ClF3N5O3. The fourth-order valence-corrected chi connectivity index (χ4v) is 5.78. The van der Waals surface area contributed by atoms with Gasteiger partial charge in [0.1, 0.15) is 6.61 Å². The van der Waals surface area contributed by atoms with Gasteiger partial charge in [0, 0.05) is 69.0 Å². The summed E-state index contributed by atoms with van der Waals surface area (Å²) in [5.74, 6) is -0.507. The number of hydrogen-bond acceptors (Lipinski definition) is 6. The predicted octanol–water partition coefficient (Wildman–Crippen LogP) is 4.93. The first-order valence-corrected chi connectivity index (χ1v) is 14.5. The van der Waals surface area contributed by atoms with Crippen molar-refractivity contribution in [3.63, 3.8) is 0 Å². The summed E-state index contributed by atoms with van der Waals surface area (Å²) in [6, 6.07) is 10.5. The largest absolute Gasteiger partial charge is 0.416 e.